The van der Waals surface area contributed by atoms with Crippen molar-refractivity contribution in [3.63, 3.8) is 0 Å². The second kappa shape index (κ2) is 25.0. The highest BCUT2D eigenvalue weighted by molar-refractivity contribution is 9.10. The number of hydrogen-bond acceptors (Lipinski definition) is 2. The second-order valence-electron chi connectivity index (χ2n) is 21.9. The van der Waals surface area contributed by atoms with Gasteiger partial charge in [-0.2, -0.15) is 0 Å². The third-order valence-electron chi connectivity index (χ3n) is 17.1. The maximum Gasteiger partial charge on any atom is 0.250 e. The number of rotatable bonds is 30. The summed E-state index contributed by atoms with van der Waals surface area (Å²) in [5, 5.41) is 6.79. The molecule has 2 N–H and O–H groups in total. The normalized spacial score (nSPS) is 17.9. The van der Waals surface area contributed by atoms with Gasteiger partial charge in [0.25, 0.3) is 11.8 Å². The summed E-state index contributed by atoms with van der Waals surface area (Å²) >= 11 is 7.79. The topological polar surface area (TPSA) is 58.2 Å². The Morgan fingerprint density at radius 1 is 0.371 bits per heavy atom. The fraction of sp³-hybridized carbons (Fsp3) is 0.562. The van der Waals surface area contributed by atoms with Crippen molar-refractivity contribution in [1.82, 2.24) is 10.6 Å². The van der Waals surface area contributed by atoms with Gasteiger partial charge in [-0.15, -0.1) is 0 Å². The summed E-state index contributed by atoms with van der Waals surface area (Å²) < 4.78 is 2.26. The Bertz CT molecular complexity index is 2270. The number of hydrogen-bond donors (Lipinski definition) is 2. The molecule has 2 atom stereocenters. The van der Waals surface area contributed by atoms with Gasteiger partial charge in [0.1, 0.15) is 0 Å². The van der Waals surface area contributed by atoms with Crippen LogP contribution in [0, 0.1) is 0 Å². The lowest BCUT2D eigenvalue weighted by Crippen LogP contribution is -2.33. The van der Waals surface area contributed by atoms with Crippen LogP contribution in [0.1, 0.15) is 253 Å². The number of amides is 2. The molecule has 4 aliphatic rings. The van der Waals surface area contributed by atoms with E-state index in [0.29, 0.717) is 11.1 Å². The highest BCUT2D eigenvalue weighted by atomic mass is 79.9. The molecule has 0 aromatic heterocycles. The van der Waals surface area contributed by atoms with Crippen LogP contribution in [0.3, 0.4) is 0 Å². The highest BCUT2D eigenvalue weighted by Crippen LogP contribution is 2.58. The first-order valence-corrected chi connectivity index (χ1v) is 30.0. The largest absolute Gasteiger partial charge is 0.341 e. The monoisotopic (exact) mass is 1070 g/mol. The van der Waals surface area contributed by atoms with Crippen molar-refractivity contribution in [2.45, 2.75) is 230 Å². The van der Waals surface area contributed by atoms with Gasteiger partial charge in [0, 0.05) is 19.8 Å². The molecule has 0 bridgehead atoms. The molecule has 70 heavy (non-hydrogen) atoms. The summed E-state index contributed by atoms with van der Waals surface area (Å²) in [6, 6.07) is 26.7. The van der Waals surface area contributed by atoms with Crippen molar-refractivity contribution < 1.29 is 9.59 Å². The number of unbranched alkanes of at least 4 members (excludes halogenated alkanes) is 20. The van der Waals surface area contributed by atoms with Crippen LogP contribution in [0.25, 0.3) is 22.3 Å². The molecule has 0 fully saturated rings. The molecule has 2 heterocycles. The van der Waals surface area contributed by atoms with E-state index in [4.69, 9.17) is 0 Å². The van der Waals surface area contributed by atoms with E-state index >= 15 is 0 Å². The predicted octanol–water partition coefficient (Wildman–Crippen LogP) is 19.1. The molecule has 2 unspecified atom stereocenters. The van der Waals surface area contributed by atoms with Crippen molar-refractivity contribution in [1.29, 1.82) is 0 Å². The van der Waals surface area contributed by atoms with Gasteiger partial charge < -0.3 is 10.6 Å². The standard InChI is InChI=1S/C64H84Br2N2O2/c1-5-9-13-17-21-25-37-63(38-26-22-18-14-10-6-2)53-41-45(29-33-49(53)51-35-31-47(65)43-55(51)63)59-57-58(62(70)67-59)60(68-61(57)69)46-30-34-50-52-36-32-48(66)44-56(52)64(54(50)42-46,39-27-23-19-15-11-7-3)40-28-24-20-16-12-8-4/h29-36,41-44,59-60H,5-28,37-40H2,1-4H3,(H,67,70)(H,68,69). The highest BCUT2D eigenvalue weighted by Gasteiger charge is 2.49. The first kappa shape index (κ1) is 52.8. The smallest absolute Gasteiger partial charge is 0.250 e. The summed E-state index contributed by atoms with van der Waals surface area (Å²) in [6.07, 6.45) is 34.8. The number of nitrogens with one attached hydrogen (secondary N) is 2. The molecule has 0 saturated heterocycles. The lowest BCUT2D eigenvalue weighted by atomic mass is 9.70. The van der Waals surface area contributed by atoms with Crippen LogP contribution in [0.2, 0.25) is 0 Å². The van der Waals surface area contributed by atoms with Crippen LogP contribution >= 0.6 is 31.9 Å². The zero-order valence-electron chi connectivity index (χ0n) is 43.5. The first-order chi connectivity index (χ1) is 34.2. The van der Waals surface area contributed by atoms with Gasteiger partial charge >= 0.3 is 0 Å². The molecule has 4 aromatic carbocycles. The Morgan fingerprint density at radius 2 is 0.643 bits per heavy atom. The number of carbonyl (C=O) groups is 2. The van der Waals surface area contributed by atoms with E-state index in [0.717, 1.165) is 45.8 Å². The van der Waals surface area contributed by atoms with Gasteiger partial charge in [-0.05, 0) is 106 Å². The lowest BCUT2D eigenvalue weighted by Gasteiger charge is -2.33. The second-order valence-corrected chi connectivity index (χ2v) is 23.7. The summed E-state index contributed by atoms with van der Waals surface area (Å²) in [4.78, 5) is 29.1. The van der Waals surface area contributed by atoms with Gasteiger partial charge in [-0.25, -0.2) is 0 Å². The fourth-order valence-electron chi connectivity index (χ4n) is 13.4. The first-order valence-electron chi connectivity index (χ1n) is 28.5. The van der Waals surface area contributed by atoms with Crippen molar-refractivity contribution >= 4 is 43.7 Å². The van der Waals surface area contributed by atoms with Gasteiger partial charge in [0.05, 0.1) is 23.2 Å². The van der Waals surface area contributed by atoms with E-state index in [9.17, 15) is 9.59 Å². The average Bonchev–Trinajstić information content (AvgIpc) is 4.06. The minimum atomic E-state index is -0.496. The molecule has 4 aromatic rings. The van der Waals surface area contributed by atoms with Crippen LogP contribution in [0.5, 0.6) is 0 Å². The summed E-state index contributed by atoms with van der Waals surface area (Å²) in [5.74, 6) is -0.251. The third kappa shape index (κ3) is 11.2. The minimum Gasteiger partial charge on any atom is -0.341 e. The molecule has 8 rings (SSSR count). The maximum absolute atomic E-state index is 14.5. The predicted molar refractivity (Wildman–Crippen MR) is 301 cm³/mol. The fourth-order valence-corrected chi connectivity index (χ4v) is 14.1. The van der Waals surface area contributed by atoms with Crippen molar-refractivity contribution in [2.24, 2.45) is 0 Å². The van der Waals surface area contributed by atoms with Gasteiger partial charge in [0.15, 0.2) is 0 Å². The number of halogens is 2. The van der Waals surface area contributed by atoms with Crippen molar-refractivity contribution in [2.75, 3.05) is 0 Å². The van der Waals surface area contributed by atoms with Crippen LogP contribution < -0.4 is 10.6 Å². The van der Waals surface area contributed by atoms with E-state index in [2.05, 4.69) is 143 Å². The van der Waals surface area contributed by atoms with Crippen LogP contribution in [-0.2, 0) is 20.4 Å². The lowest BCUT2D eigenvalue weighted by molar-refractivity contribution is -0.118. The number of fused-ring (bicyclic) bond motifs is 6. The van der Waals surface area contributed by atoms with Gasteiger partial charge in [-0.1, -0.05) is 262 Å². The molecule has 6 heteroatoms. The van der Waals surface area contributed by atoms with Gasteiger partial charge in [-0.3, -0.25) is 9.59 Å². The summed E-state index contributed by atoms with van der Waals surface area (Å²) in [5.41, 5.74) is 14.0. The Kier molecular flexibility index (Phi) is 18.8. The zero-order chi connectivity index (χ0) is 49.1. The van der Waals surface area contributed by atoms with Crippen LogP contribution in [-0.4, -0.2) is 11.8 Å². The van der Waals surface area contributed by atoms with E-state index in [1.165, 1.54) is 199 Å². The van der Waals surface area contributed by atoms with Crippen molar-refractivity contribution in [3.8, 4) is 22.3 Å². The molecular weight excluding hydrogens is 989 g/mol. The van der Waals surface area contributed by atoms with E-state index < -0.39 is 12.1 Å². The Labute approximate surface area is 440 Å². The molecule has 2 aliphatic carbocycles. The molecule has 0 saturated carbocycles. The summed E-state index contributed by atoms with van der Waals surface area (Å²) in [7, 11) is 0. The van der Waals surface area contributed by atoms with Crippen LogP contribution in [0.4, 0.5) is 0 Å². The molecule has 4 nitrogen and oxygen atoms in total. The molecule has 0 spiro atoms. The molecular formula is C64H84Br2N2O2. The van der Waals surface area contributed by atoms with Crippen LogP contribution in [0.15, 0.2) is 92.9 Å². The van der Waals surface area contributed by atoms with E-state index in [1.807, 2.05) is 0 Å². The summed E-state index contributed by atoms with van der Waals surface area (Å²) in [6.45, 7) is 9.18. The molecule has 0 radical (unpaired) electrons. The Balaban J connectivity index is 1.14. The Hall–Kier alpha value is -3.48. The number of benzene rings is 4. The quantitative estimate of drug-likeness (QED) is 0.0511. The van der Waals surface area contributed by atoms with Crippen molar-refractivity contribution in [3.05, 3.63) is 126 Å². The third-order valence-corrected chi connectivity index (χ3v) is 18.1. The molecule has 376 valence electrons. The maximum atomic E-state index is 14.5. The Morgan fingerprint density at radius 3 is 0.957 bits per heavy atom. The van der Waals surface area contributed by atoms with E-state index in [1.54, 1.807) is 0 Å². The molecule has 2 amide bonds. The SMILES string of the molecule is CCCCCCCCC1(CCCCCCCC)c2cc(Br)ccc2-c2ccc(C3NC(=O)C4=C3C(=O)NC4c3ccc4c(c3)C(CCCCCCCC)(CCCCCCCC)c3cc(Br)ccc3-4)cc21. The zero-order valence-corrected chi connectivity index (χ0v) is 46.6. The molecule has 2 aliphatic heterocycles. The van der Waals surface area contributed by atoms with E-state index in [-0.39, 0.29) is 22.6 Å². The van der Waals surface area contributed by atoms with Gasteiger partial charge in [0.2, 0.25) is 0 Å². The number of carbonyl (C=O) groups excluding carboxylic acids is 2. The minimum absolute atomic E-state index is 0.116. The average molecular weight is 1070 g/mol.